The van der Waals surface area contributed by atoms with Gasteiger partial charge in [0.15, 0.2) is 6.61 Å². The van der Waals surface area contributed by atoms with Crippen LogP contribution >= 0.6 is 0 Å². The van der Waals surface area contributed by atoms with E-state index in [4.69, 9.17) is 9.47 Å². The van der Waals surface area contributed by atoms with Crippen molar-refractivity contribution in [3.63, 3.8) is 0 Å². The molecule has 2 aliphatic rings. The van der Waals surface area contributed by atoms with E-state index in [-0.39, 0.29) is 30.5 Å². The summed E-state index contributed by atoms with van der Waals surface area (Å²) in [4.78, 5) is 29.9. The maximum Gasteiger partial charge on any atom is 0.260 e. The van der Waals surface area contributed by atoms with Crippen LogP contribution in [0.2, 0.25) is 0 Å². The summed E-state index contributed by atoms with van der Waals surface area (Å²) < 4.78 is 11.4. The lowest BCUT2D eigenvalue weighted by molar-refractivity contribution is -0.139. The van der Waals surface area contributed by atoms with Gasteiger partial charge in [-0.25, -0.2) is 0 Å². The number of carbonyl (C=O) groups excluding carboxylic acids is 2. The van der Waals surface area contributed by atoms with Crippen molar-refractivity contribution < 1.29 is 19.1 Å². The van der Waals surface area contributed by atoms with Crippen LogP contribution in [0.1, 0.15) is 43.5 Å². The van der Waals surface area contributed by atoms with Gasteiger partial charge in [0.05, 0.1) is 18.8 Å². The number of hydrogen-bond donors (Lipinski definition) is 0. The Morgan fingerprint density at radius 3 is 2.33 bits per heavy atom. The zero-order valence-electron chi connectivity index (χ0n) is 17.8. The van der Waals surface area contributed by atoms with Gasteiger partial charge in [0.25, 0.3) is 11.8 Å². The third kappa shape index (κ3) is 4.29. The van der Waals surface area contributed by atoms with Gasteiger partial charge in [0.2, 0.25) is 0 Å². The number of fused-ring (bicyclic) bond motifs is 1. The molecule has 0 aliphatic carbocycles. The summed E-state index contributed by atoms with van der Waals surface area (Å²) in [5.74, 6) is 0.370. The minimum absolute atomic E-state index is 0.0207. The number of hydrogen-bond acceptors (Lipinski definition) is 4. The van der Waals surface area contributed by atoms with Gasteiger partial charge in [0, 0.05) is 25.2 Å². The first-order chi connectivity index (χ1) is 14.5. The molecule has 0 unspecified atom stereocenters. The third-order valence-corrected chi connectivity index (χ3v) is 6.21. The van der Waals surface area contributed by atoms with E-state index in [1.807, 2.05) is 41.3 Å². The van der Waals surface area contributed by atoms with E-state index in [1.165, 1.54) is 0 Å². The van der Waals surface area contributed by atoms with E-state index in [0.717, 1.165) is 30.0 Å². The maximum atomic E-state index is 13.2. The van der Waals surface area contributed by atoms with E-state index in [2.05, 4.69) is 13.8 Å². The summed E-state index contributed by atoms with van der Waals surface area (Å²) in [5, 5.41) is 1.96. The fraction of sp³-hybridized carbons (Fsp3) is 0.500. The van der Waals surface area contributed by atoms with Crippen LogP contribution in [0.4, 0.5) is 0 Å². The predicted octanol–water partition coefficient (Wildman–Crippen LogP) is 3.48. The second kappa shape index (κ2) is 9.04. The van der Waals surface area contributed by atoms with Gasteiger partial charge in [-0.2, -0.15) is 0 Å². The van der Waals surface area contributed by atoms with Crippen molar-refractivity contribution in [2.75, 3.05) is 32.9 Å². The number of piperidine rings is 1. The van der Waals surface area contributed by atoms with Crippen molar-refractivity contribution in [1.29, 1.82) is 0 Å². The highest BCUT2D eigenvalue weighted by Gasteiger charge is 2.29. The fourth-order valence-corrected chi connectivity index (χ4v) is 4.57. The Kier molecular flexibility index (Phi) is 6.23. The number of morpholine rings is 1. The highest BCUT2D eigenvalue weighted by molar-refractivity contribution is 6.01. The van der Waals surface area contributed by atoms with Crippen LogP contribution in [0.3, 0.4) is 0 Å². The third-order valence-electron chi connectivity index (χ3n) is 6.21. The lowest BCUT2D eigenvalue weighted by Gasteiger charge is -2.39. The maximum absolute atomic E-state index is 13.2. The summed E-state index contributed by atoms with van der Waals surface area (Å²) in [6.07, 6.45) is 3.19. The molecule has 0 radical (unpaired) electrons. The topological polar surface area (TPSA) is 59.1 Å². The molecule has 2 aromatic rings. The van der Waals surface area contributed by atoms with Gasteiger partial charge in [-0.1, -0.05) is 24.3 Å². The summed E-state index contributed by atoms with van der Waals surface area (Å²) in [5.41, 5.74) is 0.503. The first kappa shape index (κ1) is 20.7. The molecule has 0 saturated carbocycles. The molecule has 2 aliphatic heterocycles. The Balaban J connectivity index is 1.58. The number of amides is 2. The normalized spacial score (nSPS) is 22.2. The van der Waals surface area contributed by atoms with Crippen LogP contribution in [-0.4, -0.2) is 66.6 Å². The lowest BCUT2D eigenvalue weighted by Crippen LogP contribution is -2.49. The van der Waals surface area contributed by atoms with Gasteiger partial charge >= 0.3 is 0 Å². The minimum atomic E-state index is -0.0776. The molecule has 2 amide bonds. The van der Waals surface area contributed by atoms with Crippen molar-refractivity contribution in [3.8, 4) is 5.75 Å². The van der Waals surface area contributed by atoms with E-state index >= 15 is 0 Å². The van der Waals surface area contributed by atoms with Crippen LogP contribution in [0.5, 0.6) is 5.75 Å². The van der Waals surface area contributed by atoms with Gasteiger partial charge in [-0.05, 0) is 56.0 Å². The van der Waals surface area contributed by atoms with Crippen molar-refractivity contribution in [2.24, 2.45) is 0 Å². The molecule has 4 rings (SSSR count). The smallest absolute Gasteiger partial charge is 0.260 e. The molecular weight excluding hydrogens is 380 g/mol. The van der Waals surface area contributed by atoms with E-state index in [0.29, 0.717) is 37.6 Å². The summed E-state index contributed by atoms with van der Waals surface area (Å²) >= 11 is 0. The summed E-state index contributed by atoms with van der Waals surface area (Å²) in [6.45, 7) is 6.33. The van der Waals surface area contributed by atoms with Gasteiger partial charge in [-0.15, -0.1) is 0 Å². The molecule has 6 heteroatoms. The molecular formula is C24H30N2O4. The Bertz CT molecular complexity index is 913. The zero-order valence-corrected chi connectivity index (χ0v) is 17.8. The number of likely N-dealkylation sites (tertiary alicyclic amines) is 1. The first-order valence-electron chi connectivity index (χ1n) is 10.9. The van der Waals surface area contributed by atoms with Gasteiger partial charge in [0.1, 0.15) is 5.75 Å². The highest BCUT2D eigenvalue weighted by Crippen LogP contribution is 2.28. The largest absolute Gasteiger partial charge is 0.483 e. The Morgan fingerprint density at radius 2 is 1.67 bits per heavy atom. The van der Waals surface area contributed by atoms with Crippen LogP contribution in [0, 0.1) is 0 Å². The molecule has 0 N–H and O–H groups in total. The van der Waals surface area contributed by atoms with Crippen molar-refractivity contribution in [3.05, 3.63) is 42.0 Å². The Morgan fingerprint density at radius 1 is 1.03 bits per heavy atom. The average Bonchev–Trinajstić information content (AvgIpc) is 2.77. The number of carbonyl (C=O) groups is 2. The number of nitrogens with zero attached hydrogens (tertiary/aromatic N) is 2. The van der Waals surface area contributed by atoms with Gasteiger partial charge in [-0.3, -0.25) is 9.59 Å². The zero-order chi connectivity index (χ0) is 21.1. The molecule has 0 aromatic heterocycles. The minimum Gasteiger partial charge on any atom is -0.483 e. The quantitative estimate of drug-likeness (QED) is 0.774. The Labute approximate surface area is 177 Å². The molecule has 160 valence electrons. The molecule has 0 spiro atoms. The van der Waals surface area contributed by atoms with Crippen LogP contribution < -0.4 is 4.74 Å². The standard InChI is InChI=1S/C24H30N2O4/c1-17-6-5-7-18(2)26(17)23(27)16-30-22-15-20-9-4-3-8-19(20)14-21(22)24(28)25-10-12-29-13-11-25/h3-4,8-9,14-15,17-18H,5-7,10-13,16H2,1-2H3/t17-,18+. The van der Waals surface area contributed by atoms with Crippen molar-refractivity contribution in [2.45, 2.75) is 45.2 Å². The van der Waals surface area contributed by atoms with Crippen LogP contribution in [0.15, 0.2) is 36.4 Å². The monoisotopic (exact) mass is 410 g/mol. The Hall–Kier alpha value is -2.60. The van der Waals surface area contributed by atoms with E-state index in [1.54, 1.807) is 4.90 Å². The molecule has 0 bridgehead atoms. The first-order valence-corrected chi connectivity index (χ1v) is 10.9. The molecule has 30 heavy (non-hydrogen) atoms. The highest BCUT2D eigenvalue weighted by atomic mass is 16.5. The predicted molar refractivity (Wildman–Crippen MR) is 116 cm³/mol. The molecule has 2 heterocycles. The second-order valence-electron chi connectivity index (χ2n) is 8.32. The fourth-order valence-electron chi connectivity index (χ4n) is 4.57. The molecule has 2 aromatic carbocycles. The summed E-state index contributed by atoms with van der Waals surface area (Å²) in [7, 11) is 0. The number of benzene rings is 2. The van der Waals surface area contributed by atoms with Crippen LogP contribution in [-0.2, 0) is 9.53 Å². The summed E-state index contributed by atoms with van der Waals surface area (Å²) in [6, 6.07) is 12.1. The second-order valence-corrected chi connectivity index (χ2v) is 8.32. The molecule has 6 nitrogen and oxygen atoms in total. The molecule has 2 saturated heterocycles. The number of rotatable bonds is 4. The lowest BCUT2D eigenvalue weighted by atomic mass is 9.97. The molecule has 2 atom stereocenters. The van der Waals surface area contributed by atoms with Crippen molar-refractivity contribution >= 4 is 22.6 Å². The SMILES string of the molecule is C[C@@H]1CCC[C@H](C)N1C(=O)COc1cc2ccccc2cc1C(=O)N1CCOCC1. The molecule has 2 fully saturated rings. The number of ether oxygens (including phenoxy) is 2. The van der Waals surface area contributed by atoms with Crippen LogP contribution in [0.25, 0.3) is 10.8 Å². The average molecular weight is 411 g/mol. The van der Waals surface area contributed by atoms with E-state index < -0.39 is 0 Å². The van der Waals surface area contributed by atoms with Gasteiger partial charge < -0.3 is 19.3 Å². The van der Waals surface area contributed by atoms with E-state index in [9.17, 15) is 9.59 Å². The van der Waals surface area contributed by atoms with Crippen molar-refractivity contribution in [1.82, 2.24) is 9.80 Å².